The number of benzene rings is 1. The molecule has 0 bridgehead atoms. The minimum absolute atomic E-state index is 0.0402. The van der Waals surface area contributed by atoms with Gasteiger partial charge >= 0.3 is 5.97 Å². The fraction of sp³-hybridized carbons (Fsp3) is 0.0714. The molecular formula is C14H12N2O4. The number of aromatic carboxylic acids is 1. The van der Waals surface area contributed by atoms with Crippen LogP contribution in [-0.4, -0.2) is 29.1 Å². The van der Waals surface area contributed by atoms with Crippen LogP contribution in [0.1, 0.15) is 20.7 Å². The molecule has 0 aliphatic carbocycles. The number of carbonyl (C=O) groups excluding carboxylic acids is 1. The quantitative estimate of drug-likeness (QED) is 0.889. The van der Waals surface area contributed by atoms with Gasteiger partial charge in [-0.15, -0.1) is 0 Å². The molecule has 0 unspecified atom stereocenters. The zero-order valence-corrected chi connectivity index (χ0v) is 10.7. The van der Waals surface area contributed by atoms with Crippen LogP contribution < -0.4 is 10.1 Å². The van der Waals surface area contributed by atoms with Gasteiger partial charge in [-0.1, -0.05) is 12.1 Å². The zero-order valence-electron chi connectivity index (χ0n) is 10.7. The minimum Gasteiger partial charge on any atom is -0.495 e. The molecule has 6 nitrogen and oxygen atoms in total. The molecule has 2 rings (SSSR count). The van der Waals surface area contributed by atoms with Gasteiger partial charge in [0, 0.05) is 12.4 Å². The van der Waals surface area contributed by atoms with Crippen LogP contribution in [0.15, 0.2) is 42.7 Å². The highest BCUT2D eigenvalue weighted by atomic mass is 16.5. The van der Waals surface area contributed by atoms with Crippen molar-refractivity contribution in [2.24, 2.45) is 0 Å². The Kier molecular flexibility index (Phi) is 3.95. The Labute approximate surface area is 115 Å². The predicted octanol–water partition coefficient (Wildman–Crippen LogP) is 2.04. The number of anilines is 1. The molecule has 0 saturated carbocycles. The maximum Gasteiger partial charge on any atom is 0.338 e. The largest absolute Gasteiger partial charge is 0.495 e. The Hall–Kier alpha value is -2.89. The average molecular weight is 272 g/mol. The van der Waals surface area contributed by atoms with Gasteiger partial charge in [-0.3, -0.25) is 9.78 Å². The molecule has 0 fully saturated rings. The molecule has 1 heterocycles. The number of amides is 1. The molecule has 1 aromatic carbocycles. The fourth-order valence-electron chi connectivity index (χ4n) is 1.70. The first-order valence-electron chi connectivity index (χ1n) is 5.75. The summed E-state index contributed by atoms with van der Waals surface area (Å²) in [5, 5.41) is 11.7. The van der Waals surface area contributed by atoms with Gasteiger partial charge in [0.1, 0.15) is 5.75 Å². The molecule has 0 saturated heterocycles. The van der Waals surface area contributed by atoms with Gasteiger partial charge < -0.3 is 15.2 Å². The summed E-state index contributed by atoms with van der Waals surface area (Å²) in [5.74, 6) is -1.25. The number of nitrogens with one attached hydrogen (secondary N) is 1. The summed E-state index contributed by atoms with van der Waals surface area (Å²) in [5.41, 5.74) is 0.353. The molecule has 0 aliphatic heterocycles. The van der Waals surface area contributed by atoms with Crippen molar-refractivity contribution in [2.45, 2.75) is 0 Å². The number of rotatable bonds is 4. The van der Waals surface area contributed by atoms with Crippen LogP contribution in [0.2, 0.25) is 0 Å². The van der Waals surface area contributed by atoms with E-state index in [2.05, 4.69) is 10.3 Å². The molecular weight excluding hydrogens is 260 g/mol. The molecule has 20 heavy (non-hydrogen) atoms. The number of methoxy groups -OCH3 is 1. The topological polar surface area (TPSA) is 88.5 Å². The number of hydrogen-bond donors (Lipinski definition) is 2. The molecule has 6 heteroatoms. The highest BCUT2D eigenvalue weighted by Crippen LogP contribution is 2.24. The fourth-order valence-corrected chi connectivity index (χ4v) is 1.70. The number of carbonyl (C=O) groups is 2. The number of carboxylic acid groups (broad SMARTS) is 1. The van der Waals surface area contributed by atoms with Crippen LogP contribution in [0.4, 0.5) is 5.69 Å². The number of pyridine rings is 1. The molecule has 0 spiro atoms. The summed E-state index contributed by atoms with van der Waals surface area (Å²) < 4.78 is 5.12. The lowest BCUT2D eigenvalue weighted by molar-refractivity contribution is 0.0692. The molecule has 0 atom stereocenters. The Morgan fingerprint density at radius 2 is 1.95 bits per heavy atom. The van der Waals surface area contributed by atoms with E-state index < -0.39 is 11.9 Å². The van der Waals surface area contributed by atoms with Crippen molar-refractivity contribution in [1.29, 1.82) is 0 Å². The van der Waals surface area contributed by atoms with Gasteiger partial charge in [0.05, 0.1) is 23.9 Å². The molecule has 0 radical (unpaired) electrons. The summed E-state index contributed by atoms with van der Waals surface area (Å²) in [7, 11) is 1.49. The van der Waals surface area contributed by atoms with E-state index in [-0.39, 0.29) is 11.1 Å². The third-order valence-electron chi connectivity index (χ3n) is 2.65. The van der Waals surface area contributed by atoms with Crippen LogP contribution in [0, 0.1) is 0 Å². The number of nitrogens with zero attached hydrogens (tertiary/aromatic N) is 1. The van der Waals surface area contributed by atoms with E-state index in [4.69, 9.17) is 9.84 Å². The molecule has 1 aromatic heterocycles. The maximum atomic E-state index is 12.1. The van der Waals surface area contributed by atoms with Crippen molar-refractivity contribution in [3.8, 4) is 5.75 Å². The second-order valence-electron chi connectivity index (χ2n) is 3.88. The SMILES string of the molecule is COc1ccccc1NC(=O)c1ccncc1C(=O)O. The van der Waals surface area contributed by atoms with E-state index in [1.807, 2.05) is 0 Å². The molecule has 2 aromatic rings. The van der Waals surface area contributed by atoms with E-state index >= 15 is 0 Å². The van der Waals surface area contributed by atoms with Crippen LogP contribution in [-0.2, 0) is 0 Å². The summed E-state index contributed by atoms with van der Waals surface area (Å²) >= 11 is 0. The van der Waals surface area contributed by atoms with Crippen LogP contribution >= 0.6 is 0 Å². The normalized spacial score (nSPS) is 9.85. The standard InChI is InChI=1S/C14H12N2O4/c1-20-12-5-3-2-4-11(12)16-13(17)9-6-7-15-8-10(9)14(18)19/h2-8H,1H3,(H,16,17)(H,18,19). The van der Waals surface area contributed by atoms with Gasteiger partial charge in [0.2, 0.25) is 0 Å². The average Bonchev–Trinajstić information content (AvgIpc) is 2.47. The predicted molar refractivity (Wildman–Crippen MR) is 72.1 cm³/mol. The molecule has 102 valence electrons. The van der Waals surface area contributed by atoms with Crippen LogP contribution in [0.25, 0.3) is 0 Å². The summed E-state index contributed by atoms with van der Waals surface area (Å²) in [4.78, 5) is 26.9. The highest BCUT2D eigenvalue weighted by Gasteiger charge is 2.17. The minimum atomic E-state index is -1.21. The summed E-state index contributed by atoms with van der Waals surface area (Å²) in [6.07, 6.45) is 2.50. The first kappa shape index (κ1) is 13.5. The number of aromatic nitrogens is 1. The van der Waals surface area contributed by atoms with Crippen LogP contribution in [0.5, 0.6) is 5.75 Å². The van der Waals surface area contributed by atoms with Gasteiger partial charge in [-0.25, -0.2) is 4.79 Å². The third-order valence-corrected chi connectivity index (χ3v) is 2.65. The second kappa shape index (κ2) is 5.83. The first-order chi connectivity index (χ1) is 9.63. The van der Waals surface area contributed by atoms with E-state index in [0.29, 0.717) is 11.4 Å². The molecule has 2 N–H and O–H groups in total. The zero-order chi connectivity index (χ0) is 14.5. The third kappa shape index (κ3) is 2.74. The van der Waals surface area contributed by atoms with E-state index in [9.17, 15) is 9.59 Å². The Balaban J connectivity index is 2.31. The van der Waals surface area contributed by atoms with E-state index in [1.165, 1.54) is 19.4 Å². The van der Waals surface area contributed by atoms with E-state index in [0.717, 1.165) is 6.20 Å². The van der Waals surface area contributed by atoms with Gasteiger partial charge in [0.25, 0.3) is 5.91 Å². The first-order valence-corrected chi connectivity index (χ1v) is 5.75. The second-order valence-corrected chi connectivity index (χ2v) is 3.88. The Bertz CT molecular complexity index is 655. The van der Waals surface area contributed by atoms with Crippen molar-refractivity contribution in [2.75, 3.05) is 12.4 Å². The van der Waals surface area contributed by atoms with Gasteiger partial charge in [-0.2, -0.15) is 0 Å². The Morgan fingerprint density at radius 1 is 1.20 bits per heavy atom. The van der Waals surface area contributed by atoms with Gasteiger partial charge in [-0.05, 0) is 18.2 Å². The van der Waals surface area contributed by atoms with Gasteiger partial charge in [0.15, 0.2) is 0 Å². The monoisotopic (exact) mass is 272 g/mol. The lowest BCUT2D eigenvalue weighted by atomic mass is 10.1. The van der Waals surface area contributed by atoms with Crippen molar-refractivity contribution >= 4 is 17.6 Å². The van der Waals surface area contributed by atoms with Crippen molar-refractivity contribution < 1.29 is 19.4 Å². The Morgan fingerprint density at radius 3 is 2.65 bits per heavy atom. The molecule has 0 aliphatic rings. The number of para-hydroxylation sites is 2. The maximum absolute atomic E-state index is 12.1. The van der Waals surface area contributed by atoms with E-state index in [1.54, 1.807) is 24.3 Å². The highest BCUT2D eigenvalue weighted by molar-refractivity contribution is 6.10. The van der Waals surface area contributed by atoms with Crippen LogP contribution in [0.3, 0.4) is 0 Å². The summed E-state index contributed by atoms with van der Waals surface area (Å²) in [6.45, 7) is 0. The summed E-state index contributed by atoms with van der Waals surface area (Å²) in [6, 6.07) is 8.22. The smallest absolute Gasteiger partial charge is 0.338 e. The molecule has 1 amide bonds. The van der Waals surface area contributed by atoms with Crippen molar-refractivity contribution in [3.63, 3.8) is 0 Å². The lowest BCUT2D eigenvalue weighted by Crippen LogP contribution is -2.17. The number of hydrogen-bond acceptors (Lipinski definition) is 4. The van der Waals surface area contributed by atoms with Crippen molar-refractivity contribution in [3.05, 3.63) is 53.9 Å². The number of ether oxygens (including phenoxy) is 1. The van der Waals surface area contributed by atoms with Crippen molar-refractivity contribution in [1.82, 2.24) is 4.98 Å². The number of carboxylic acids is 1. The lowest BCUT2D eigenvalue weighted by Gasteiger charge is -2.10.